The molecule has 0 saturated carbocycles. The van der Waals surface area contributed by atoms with Crippen LogP contribution in [0.5, 0.6) is 0 Å². The molecule has 1 nitrogen and oxygen atoms in total. The zero-order chi connectivity index (χ0) is 10.7. The molecule has 0 aromatic heterocycles. The smallest absolute Gasteiger partial charge is 0.335 e. The molecule has 5 heteroatoms. The Labute approximate surface area is 74.4 Å². The summed E-state index contributed by atoms with van der Waals surface area (Å²) in [5, 5.41) is 0. The van der Waals surface area contributed by atoms with E-state index in [2.05, 4.69) is 11.3 Å². The van der Waals surface area contributed by atoms with Crippen molar-refractivity contribution < 1.29 is 22.3 Å². The van der Waals surface area contributed by atoms with Crippen molar-refractivity contribution >= 4 is 0 Å². The molecule has 13 heavy (non-hydrogen) atoms. The number of rotatable bonds is 5. The summed E-state index contributed by atoms with van der Waals surface area (Å²) < 4.78 is 54.6. The van der Waals surface area contributed by atoms with Crippen molar-refractivity contribution in [2.75, 3.05) is 6.61 Å². The van der Waals surface area contributed by atoms with E-state index in [1.165, 1.54) is 6.08 Å². The van der Waals surface area contributed by atoms with E-state index in [1.54, 1.807) is 0 Å². The SMILES string of the molecule is C=CCOC(C)C(F)(F)C(C)(F)F. The molecular formula is C8H12F4O. The lowest BCUT2D eigenvalue weighted by atomic mass is 10.1. The summed E-state index contributed by atoms with van der Waals surface area (Å²) in [5.41, 5.74) is 0. The van der Waals surface area contributed by atoms with Crippen LogP contribution in [0.2, 0.25) is 0 Å². The molecule has 78 valence electrons. The molecular weight excluding hydrogens is 188 g/mol. The van der Waals surface area contributed by atoms with Crippen molar-refractivity contribution in [2.45, 2.75) is 31.8 Å². The molecule has 0 spiro atoms. The largest absolute Gasteiger partial charge is 0.368 e. The molecule has 0 aliphatic heterocycles. The molecule has 0 heterocycles. The van der Waals surface area contributed by atoms with Gasteiger partial charge in [-0.25, -0.2) is 8.78 Å². The quantitative estimate of drug-likeness (QED) is 0.489. The van der Waals surface area contributed by atoms with Gasteiger partial charge in [0.1, 0.15) is 6.10 Å². The molecule has 0 aliphatic carbocycles. The molecule has 0 bridgehead atoms. The van der Waals surface area contributed by atoms with Crippen LogP contribution in [0.1, 0.15) is 13.8 Å². The fourth-order valence-electron chi connectivity index (χ4n) is 0.674. The van der Waals surface area contributed by atoms with Gasteiger partial charge in [-0.1, -0.05) is 6.08 Å². The lowest BCUT2D eigenvalue weighted by Crippen LogP contribution is -2.47. The van der Waals surface area contributed by atoms with E-state index in [4.69, 9.17) is 0 Å². The fourth-order valence-corrected chi connectivity index (χ4v) is 0.674. The second kappa shape index (κ2) is 4.09. The Hall–Kier alpha value is -0.580. The highest BCUT2D eigenvalue weighted by molar-refractivity contribution is 4.86. The van der Waals surface area contributed by atoms with Crippen LogP contribution in [-0.4, -0.2) is 24.6 Å². The number of ether oxygens (including phenoxy) is 1. The van der Waals surface area contributed by atoms with E-state index in [0.717, 1.165) is 6.92 Å². The highest BCUT2D eigenvalue weighted by atomic mass is 19.3. The Morgan fingerprint density at radius 3 is 2.15 bits per heavy atom. The first-order chi connectivity index (χ1) is 5.73. The summed E-state index contributed by atoms with van der Waals surface area (Å²) in [6.07, 6.45) is -0.606. The zero-order valence-corrected chi connectivity index (χ0v) is 7.49. The number of alkyl halides is 4. The molecule has 0 radical (unpaired) electrons. The third-order valence-electron chi connectivity index (χ3n) is 1.56. The van der Waals surface area contributed by atoms with E-state index in [-0.39, 0.29) is 13.5 Å². The van der Waals surface area contributed by atoms with E-state index in [0.29, 0.717) is 0 Å². The maximum Gasteiger partial charge on any atom is 0.335 e. The predicted molar refractivity (Wildman–Crippen MR) is 41.2 cm³/mol. The molecule has 0 amide bonds. The first-order valence-corrected chi connectivity index (χ1v) is 3.71. The monoisotopic (exact) mass is 200 g/mol. The first-order valence-electron chi connectivity index (χ1n) is 3.71. The lowest BCUT2D eigenvalue weighted by molar-refractivity contribution is -0.248. The van der Waals surface area contributed by atoms with Crippen molar-refractivity contribution in [3.8, 4) is 0 Å². The van der Waals surface area contributed by atoms with Crippen LogP contribution in [0.3, 0.4) is 0 Å². The van der Waals surface area contributed by atoms with Crippen LogP contribution < -0.4 is 0 Å². The van der Waals surface area contributed by atoms with Crippen LogP contribution >= 0.6 is 0 Å². The maximum atomic E-state index is 12.7. The Morgan fingerprint density at radius 2 is 1.85 bits per heavy atom. The first kappa shape index (κ1) is 12.4. The number of halogens is 4. The second-order valence-electron chi connectivity index (χ2n) is 2.78. The molecule has 0 aromatic carbocycles. The summed E-state index contributed by atoms with van der Waals surface area (Å²) in [6, 6.07) is 0. The molecule has 1 unspecified atom stereocenters. The topological polar surface area (TPSA) is 9.23 Å². The minimum Gasteiger partial charge on any atom is -0.368 e. The average molecular weight is 200 g/mol. The second-order valence-corrected chi connectivity index (χ2v) is 2.78. The molecule has 0 rings (SSSR count). The summed E-state index contributed by atoms with van der Waals surface area (Å²) in [5.74, 6) is -8.23. The maximum absolute atomic E-state index is 12.7. The summed E-state index contributed by atoms with van der Waals surface area (Å²) in [6.45, 7) is 4.12. The average Bonchev–Trinajstić information content (AvgIpc) is 1.97. The van der Waals surface area contributed by atoms with Gasteiger partial charge in [-0.3, -0.25) is 0 Å². The number of hydrogen-bond donors (Lipinski definition) is 0. The van der Waals surface area contributed by atoms with E-state index < -0.39 is 17.9 Å². The molecule has 0 aliphatic rings. The number of hydrogen-bond acceptors (Lipinski definition) is 1. The van der Waals surface area contributed by atoms with Crippen molar-refractivity contribution in [1.29, 1.82) is 0 Å². The van der Waals surface area contributed by atoms with Gasteiger partial charge in [0.05, 0.1) is 6.61 Å². The zero-order valence-electron chi connectivity index (χ0n) is 7.49. The molecule has 0 N–H and O–H groups in total. The Morgan fingerprint density at radius 1 is 1.38 bits per heavy atom. The summed E-state index contributed by atoms with van der Waals surface area (Å²) in [7, 11) is 0. The minimum absolute atomic E-state index is 0.167. The Bertz CT molecular complexity index is 173. The van der Waals surface area contributed by atoms with Gasteiger partial charge in [-0.05, 0) is 6.92 Å². The van der Waals surface area contributed by atoms with Crippen molar-refractivity contribution in [3.05, 3.63) is 12.7 Å². The van der Waals surface area contributed by atoms with Gasteiger partial charge in [-0.15, -0.1) is 6.58 Å². The van der Waals surface area contributed by atoms with Gasteiger partial charge in [0, 0.05) is 6.92 Å². The van der Waals surface area contributed by atoms with Gasteiger partial charge in [0.25, 0.3) is 0 Å². The molecule has 0 aromatic rings. The molecule has 1 atom stereocenters. The Kier molecular flexibility index (Phi) is 3.90. The molecule has 0 saturated heterocycles. The van der Waals surface area contributed by atoms with E-state index in [9.17, 15) is 17.6 Å². The van der Waals surface area contributed by atoms with Crippen LogP contribution in [0, 0.1) is 0 Å². The normalized spacial score (nSPS) is 15.5. The lowest BCUT2D eigenvalue weighted by Gasteiger charge is -2.28. The van der Waals surface area contributed by atoms with Crippen molar-refractivity contribution in [3.63, 3.8) is 0 Å². The summed E-state index contributed by atoms with van der Waals surface area (Å²) in [4.78, 5) is 0. The van der Waals surface area contributed by atoms with Crippen LogP contribution in [-0.2, 0) is 4.74 Å². The van der Waals surface area contributed by atoms with Crippen molar-refractivity contribution in [2.24, 2.45) is 0 Å². The Balaban J connectivity index is 4.35. The third-order valence-corrected chi connectivity index (χ3v) is 1.56. The van der Waals surface area contributed by atoms with Gasteiger partial charge < -0.3 is 4.74 Å². The highest BCUT2D eigenvalue weighted by Crippen LogP contribution is 2.37. The van der Waals surface area contributed by atoms with Crippen LogP contribution in [0.4, 0.5) is 17.6 Å². The predicted octanol–water partition coefficient (Wildman–Crippen LogP) is 2.87. The fraction of sp³-hybridized carbons (Fsp3) is 0.750. The van der Waals surface area contributed by atoms with E-state index in [1.807, 2.05) is 0 Å². The van der Waals surface area contributed by atoms with Gasteiger partial charge in [0.2, 0.25) is 0 Å². The molecule has 0 fully saturated rings. The van der Waals surface area contributed by atoms with Crippen molar-refractivity contribution in [1.82, 2.24) is 0 Å². The summed E-state index contributed by atoms with van der Waals surface area (Å²) >= 11 is 0. The van der Waals surface area contributed by atoms with Gasteiger partial charge in [-0.2, -0.15) is 8.78 Å². The minimum atomic E-state index is -4.16. The van der Waals surface area contributed by atoms with Crippen LogP contribution in [0.15, 0.2) is 12.7 Å². The van der Waals surface area contributed by atoms with Gasteiger partial charge >= 0.3 is 11.8 Å². The standard InChI is InChI=1S/C8H12F4O/c1-4-5-13-6(2)8(11,12)7(3,9)10/h4,6H,1,5H2,2-3H3. The van der Waals surface area contributed by atoms with E-state index >= 15 is 0 Å². The third kappa shape index (κ3) is 2.99. The highest BCUT2D eigenvalue weighted by Gasteiger charge is 2.56. The van der Waals surface area contributed by atoms with Gasteiger partial charge in [0.15, 0.2) is 0 Å². The van der Waals surface area contributed by atoms with Crippen LogP contribution in [0.25, 0.3) is 0 Å².